The SMILES string of the molecule is c1cc2ccc3ccc([C@@H](C4CCCC4)N4CCNCC4)c4ccc(c1)c2c34. The van der Waals surface area contributed by atoms with Gasteiger partial charge in [0, 0.05) is 32.2 Å². The number of piperazine rings is 1. The standard InChI is InChI=1S/C26H28N2/c1-2-5-21(4-1)26(28-16-14-27-15-17-28)23-13-11-20-9-8-18-6-3-7-19-10-12-22(23)25(20)24(18)19/h3,6-13,21,26-27H,1-2,4-5,14-17H2/t26-/m1/s1. The molecule has 1 heterocycles. The molecule has 2 aliphatic rings. The van der Waals surface area contributed by atoms with Gasteiger partial charge in [-0.3, -0.25) is 4.90 Å². The Bertz CT molecular complexity index is 1100. The van der Waals surface area contributed by atoms with Crippen LogP contribution in [0.2, 0.25) is 0 Å². The first kappa shape index (κ1) is 16.8. The smallest absolute Gasteiger partial charge is 0.0383 e. The fourth-order valence-corrected chi connectivity index (χ4v) is 6.00. The zero-order valence-electron chi connectivity index (χ0n) is 16.5. The van der Waals surface area contributed by atoms with Crippen LogP contribution in [0.1, 0.15) is 37.3 Å². The van der Waals surface area contributed by atoms with Crippen molar-refractivity contribution in [1.82, 2.24) is 10.2 Å². The molecule has 0 aromatic heterocycles. The molecule has 142 valence electrons. The Kier molecular flexibility index (Phi) is 4.02. The van der Waals surface area contributed by atoms with E-state index >= 15 is 0 Å². The summed E-state index contributed by atoms with van der Waals surface area (Å²) >= 11 is 0. The van der Waals surface area contributed by atoms with E-state index < -0.39 is 0 Å². The Morgan fingerprint density at radius 1 is 0.750 bits per heavy atom. The molecule has 2 fully saturated rings. The molecule has 1 saturated carbocycles. The minimum Gasteiger partial charge on any atom is -0.314 e. The number of nitrogens with zero attached hydrogens (tertiary/aromatic N) is 1. The van der Waals surface area contributed by atoms with Gasteiger partial charge in [0.05, 0.1) is 0 Å². The van der Waals surface area contributed by atoms with E-state index in [1.807, 2.05) is 0 Å². The van der Waals surface area contributed by atoms with E-state index in [9.17, 15) is 0 Å². The monoisotopic (exact) mass is 368 g/mol. The predicted molar refractivity (Wildman–Crippen MR) is 119 cm³/mol. The first-order chi connectivity index (χ1) is 13.9. The van der Waals surface area contributed by atoms with Crippen LogP contribution in [0.3, 0.4) is 0 Å². The second-order valence-corrected chi connectivity index (χ2v) is 8.79. The Labute approximate surface area is 166 Å². The second kappa shape index (κ2) is 6.72. The van der Waals surface area contributed by atoms with Crippen molar-refractivity contribution in [3.05, 3.63) is 60.2 Å². The van der Waals surface area contributed by atoms with Gasteiger partial charge >= 0.3 is 0 Å². The second-order valence-electron chi connectivity index (χ2n) is 8.79. The molecule has 1 atom stereocenters. The summed E-state index contributed by atoms with van der Waals surface area (Å²) in [5.41, 5.74) is 1.57. The number of hydrogen-bond donors (Lipinski definition) is 1. The molecule has 0 spiro atoms. The molecule has 1 N–H and O–H groups in total. The largest absolute Gasteiger partial charge is 0.314 e. The molecule has 0 bridgehead atoms. The highest BCUT2D eigenvalue weighted by Crippen LogP contribution is 2.44. The maximum Gasteiger partial charge on any atom is 0.0383 e. The Morgan fingerprint density at radius 2 is 1.39 bits per heavy atom. The minimum absolute atomic E-state index is 0.564. The van der Waals surface area contributed by atoms with Crippen molar-refractivity contribution in [1.29, 1.82) is 0 Å². The predicted octanol–water partition coefficient (Wildman–Crippen LogP) is 5.72. The summed E-state index contributed by atoms with van der Waals surface area (Å²) in [5.74, 6) is 0.802. The van der Waals surface area contributed by atoms with Crippen molar-refractivity contribution in [2.45, 2.75) is 31.7 Å². The van der Waals surface area contributed by atoms with Gasteiger partial charge in [0.2, 0.25) is 0 Å². The van der Waals surface area contributed by atoms with Crippen molar-refractivity contribution in [3.63, 3.8) is 0 Å². The lowest BCUT2D eigenvalue weighted by Crippen LogP contribution is -2.46. The Balaban J connectivity index is 1.60. The van der Waals surface area contributed by atoms with E-state index in [0.717, 1.165) is 19.0 Å². The first-order valence-corrected chi connectivity index (χ1v) is 11.0. The maximum atomic E-state index is 3.55. The highest BCUT2D eigenvalue weighted by atomic mass is 15.2. The molecular formula is C26H28N2. The van der Waals surface area contributed by atoms with Gasteiger partial charge in [-0.15, -0.1) is 0 Å². The summed E-state index contributed by atoms with van der Waals surface area (Å²) < 4.78 is 0. The summed E-state index contributed by atoms with van der Waals surface area (Å²) in [4.78, 5) is 2.78. The van der Waals surface area contributed by atoms with Gasteiger partial charge in [0.15, 0.2) is 0 Å². The fourth-order valence-electron chi connectivity index (χ4n) is 6.00. The van der Waals surface area contributed by atoms with Crippen molar-refractivity contribution in [2.75, 3.05) is 26.2 Å². The summed E-state index contributed by atoms with van der Waals surface area (Å²) in [6.45, 7) is 4.58. The Hall–Kier alpha value is -2.16. The summed E-state index contributed by atoms with van der Waals surface area (Å²) in [7, 11) is 0. The zero-order valence-corrected chi connectivity index (χ0v) is 16.5. The van der Waals surface area contributed by atoms with Crippen molar-refractivity contribution >= 4 is 32.3 Å². The molecule has 0 amide bonds. The number of rotatable bonds is 3. The van der Waals surface area contributed by atoms with Crippen LogP contribution in [0.5, 0.6) is 0 Å². The third kappa shape index (κ3) is 2.55. The third-order valence-electron chi connectivity index (χ3n) is 7.27. The van der Waals surface area contributed by atoms with Gasteiger partial charge in [-0.1, -0.05) is 67.4 Å². The van der Waals surface area contributed by atoms with Crippen LogP contribution in [-0.4, -0.2) is 31.1 Å². The van der Waals surface area contributed by atoms with Crippen LogP contribution >= 0.6 is 0 Å². The average molecular weight is 369 g/mol. The van der Waals surface area contributed by atoms with Gasteiger partial charge in [0.25, 0.3) is 0 Å². The topological polar surface area (TPSA) is 15.3 Å². The van der Waals surface area contributed by atoms with Crippen LogP contribution in [0, 0.1) is 5.92 Å². The number of nitrogens with one attached hydrogen (secondary N) is 1. The molecule has 2 nitrogen and oxygen atoms in total. The molecule has 0 radical (unpaired) electrons. The van der Waals surface area contributed by atoms with E-state index in [0.29, 0.717) is 6.04 Å². The van der Waals surface area contributed by atoms with Crippen molar-refractivity contribution in [3.8, 4) is 0 Å². The Morgan fingerprint density at radius 3 is 2.14 bits per heavy atom. The van der Waals surface area contributed by atoms with Crippen LogP contribution < -0.4 is 5.32 Å². The lowest BCUT2D eigenvalue weighted by atomic mass is 9.84. The van der Waals surface area contributed by atoms with Crippen molar-refractivity contribution in [2.24, 2.45) is 5.92 Å². The lowest BCUT2D eigenvalue weighted by Gasteiger charge is -2.39. The van der Waals surface area contributed by atoms with Gasteiger partial charge in [-0.25, -0.2) is 0 Å². The van der Waals surface area contributed by atoms with E-state index in [2.05, 4.69) is 64.8 Å². The molecule has 0 unspecified atom stereocenters. The third-order valence-corrected chi connectivity index (χ3v) is 7.27. The molecule has 4 aromatic rings. The van der Waals surface area contributed by atoms with Gasteiger partial charge in [-0.05, 0) is 56.6 Å². The summed E-state index contributed by atoms with van der Waals surface area (Å²) in [5, 5.41) is 12.1. The summed E-state index contributed by atoms with van der Waals surface area (Å²) in [6, 6.07) is 21.5. The van der Waals surface area contributed by atoms with Crippen LogP contribution in [0.15, 0.2) is 54.6 Å². The highest BCUT2D eigenvalue weighted by molar-refractivity contribution is 6.23. The van der Waals surface area contributed by atoms with Crippen LogP contribution in [0.25, 0.3) is 32.3 Å². The molecular weight excluding hydrogens is 340 g/mol. The quantitative estimate of drug-likeness (QED) is 0.465. The van der Waals surface area contributed by atoms with Gasteiger partial charge in [0.1, 0.15) is 0 Å². The normalized spacial score (nSPS) is 20.6. The van der Waals surface area contributed by atoms with Crippen molar-refractivity contribution < 1.29 is 0 Å². The van der Waals surface area contributed by atoms with E-state index in [-0.39, 0.29) is 0 Å². The molecule has 4 aromatic carbocycles. The summed E-state index contributed by atoms with van der Waals surface area (Å²) in [6.07, 6.45) is 5.57. The van der Waals surface area contributed by atoms with Crippen LogP contribution in [0.4, 0.5) is 0 Å². The fraction of sp³-hybridized carbons (Fsp3) is 0.385. The lowest BCUT2D eigenvalue weighted by molar-refractivity contribution is 0.126. The molecule has 1 saturated heterocycles. The molecule has 6 rings (SSSR count). The first-order valence-electron chi connectivity index (χ1n) is 11.0. The van der Waals surface area contributed by atoms with E-state index in [4.69, 9.17) is 0 Å². The maximum absolute atomic E-state index is 3.55. The van der Waals surface area contributed by atoms with E-state index in [1.54, 1.807) is 5.56 Å². The van der Waals surface area contributed by atoms with E-state index in [1.165, 1.54) is 71.1 Å². The van der Waals surface area contributed by atoms with Gasteiger partial charge < -0.3 is 5.32 Å². The van der Waals surface area contributed by atoms with Gasteiger partial charge in [-0.2, -0.15) is 0 Å². The number of benzene rings is 4. The molecule has 28 heavy (non-hydrogen) atoms. The molecule has 2 heteroatoms. The zero-order chi connectivity index (χ0) is 18.5. The molecule has 1 aliphatic heterocycles. The highest BCUT2D eigenvalue weighted by Gasteiger charge is 2.33. The molecule has 1 aliphatic carbocycles. The average Bonchev–Trinajstić information content (AvgIpc) is 3.28. The van der Waals surface area contributed by atoms with Crippen LogP contribution in [-0.2, 0) is 0 Å². The number of hydrogen-bond acceptors (Lipinski definition) is 2. The minimum atomic E-state index is 0.564.